The van der Waals surface area contributed by atoms with E-state index in [9.17, 15) is 8.42 Å². The zero-order valence-electron chi connectivity index (χ0n) is 6.28. The van der Waals surface area contributed by atoms with E-state index in [1.165, 1.54) is 4.31 Å². The molecule has 1 heterocycles. The lowest BCUT2D eigenvalue weighted by Gasteiger charge is -2.15. The van der Waals surface area contributed by atoms with Crippen molar-refractivity contribution in [1.29, 1.82) is 0 Å². The Morgan fingerprint density at radius 1 is 1.27 bits per heavy atom. The summed E-state index contributed by atoms with van der Waals surface area (Å²) in [5.74, 6) is 0. The summed E-state index contributed by atoms with van der Waals surface area (Å²) in [6.07, 6.45) is 0.830. The topological polar surface area (TPSA) is 75.4 Å². The molecular weight excluding hydrogens is 166 g/mol. The molecule has 1 saturated heterocycles. The molecule has 0 amide bonds. The molecule has 0 bridgehead atoms. The maximum absolute atomic E-state index is 10.8. The fourth-order valence-electron chi connectivity index (χ4n) is 1.08. The monoisotopic (exact) mass is 179 g/mol. The number of nitrogens with zero attached hydrogens (tertiary/aromatic N) is 1. The zero-order chi connectivity index (χ0) is 8.32. The summed E-state index contributed by atoms with van der Waals surface area (Å²) in [4.78, 5) is 0. The molecule has 66 valence electrons. The SMILES string of the molecule is NS(=O)(=O)N1CCCNCC1. The van der Waals surface area contributed by atoms with Gasteiger partial charge in [-0.25, -0.2) is 5.14 Å². The minimum Gasteiger partial charge on any atom is -0.315 e. The van der Waals surface area contributed by atoms with E-state index in [0.29, 0.717) is 19.6 Å². The summed E-state index contributed by atoms with van der Waals surface area (Å²) in [7, 11) is -3.46. The van der Waals surface area contributed by atoms with Crippen LogP contribution in [-0.4, -0.2) is 38.9 Å². The van der Waals surface area contributed by atoms with E-state index in [4.69, 9.17) is 5.14 Å². The van der Waals surface area contributed by atoms with Crippen molar-refractivity contribution in [2.24, 2.45) is 5.14 Å². The highest BCUT2D eigenvalue weighted by Gasteiger charge is 2.17. The van der Waals surface area contributed by atoms with Crippen LogP contribution in [0, 0.1) is 0 Å². The van der Waals surface area contributed by atoms with Gasteiger partial charge in [-0.3, -0.25) is 0 Å². The molecule has 0 atom stereocenters. The fourth-order valence-corrected chi connectivity index (χ4v) is 1.80. The van der Waals surface area contributed by atoms with Gasteiger partial charge < -0.3 is 5.32 Å². The molecule has 1 aliphatic heterocycles. The Morgan fingerprint density at radius 2 is 2.00 bits per heavy atom. The summed E-state index contributed by atoms with van der Waals surface area (Å²) in [5.41, 5.74) is 0. The highest BCUT2D eigenvalue weighted by molar-refractivity contribution is 7.86. The van der Waals surface area contributed by atoms with Crippen LogP contribution in [0.2, 0.25) is 0 Å². The quantitative estimate of drug-likeness (QED) is 0.513. The van der Waals surface area contributed by atoms with Gasteiger partial charge in [0.15, 0.2) is 0 Å². The smallest absolute Gasteiger partial charge is 0.276 e. The maximum atomic E-state index is 10.8. The Balaban J connectivity index is 2.57. The molecule has 0 unspecified atom stereocenters. The summed E-state index contributed by atoms with van der Waals surface area (Å²) < 4.78 is 22.9. The van der Waals surface area contributed by atoms with Crippen LogP contribution in [0.1, 0.15) is 6.42 Å². The molecule has 6 heteroatoms. The molecule has 5 nitrogen and oxygen atoms in total. The fraction of sp³-hybridized carbons (Fsp3) is 1.00. The van der Waals surface area contributed by atoms with E-state index in [-0.39, 0.29) is 0 Å². The number of rotatable bonds is 1. The molecule has 0 aromatic carbocycles. The van der Waals surface area contributed by atoms with Crippen molar-refractivity contribution in [3.8, 4) is 0 Å². The lowest BCUT2D eigenvalue weighted by molar-refractivity contribution is 0.433. The van der Waals surface area contributed by atoms with Crippen molar-refractivity contribution in [3.05, 3.63) is 0 Å². The Hall–Kier alpha value is -0.170. The average molecular weight is 179 g/mol. The first kappa shape index (κ1) is 8.92. The van der Waals surface area contributed by atoms with Crippen LogP contribution < -0.4 is 10.5 Å². The maximum Gasteiger partial charge on any atom is 0.276 e. The minimum atomic E-state index is -3.46. The van der Waals surface area contributed by atoms with Crippen molar-refractivity contribution in [2.45, 2.75) is 6.42 Å². The van der Waals surface area contributed by atoms with E-state index < -0.39 is 10.2 Å². The third-order valence-electron chi connectivity index (χ3n) is 1.66. The highest BCUT2D eigenvalue weighted by Crippen LogP contribution is 1.98. The van der Waals surface area contributed by atoms with Gasteiger partial charge in [-0.15, -0.1) is 0 Å². The lowest BCUT2D eigenvalue weighted by atomic mass is 10.4. The first-order chi connectivity index (χ1) is 5.11. The molecule has 1 rings (SSSR count). The molecule has 3 N–H and O–H groups in total. The highest BCUT2D eigenvalue weighted by atomic mass is 32.2. The molecule has 1 fully saturated rings. The van der Waals surface area contributed by atoms with Crippen LogP contribution in [0.15, 0.2) is 0 Å². The third-order valence-corrected chi connectivity index (χ3v) is 2.74. The largest absolute Gasteiger partial charge is 0.315 e. The van der Waals surface area contributed by atoms with Gasteiger partial charge in [-0.1, -0.05) is 0 Å². The van der Waals surface area contributed by atoms with E-state index in [0.717, 1.165) is 13.0 Å². The second-order valence-corrected chi connectivity index (χ2v) is 4.09. The second kappa shape index (κ2) is 3.48. The third kappa shape index (κ3) is 2.74. The molecule has 0 spiro atoms. The Labute approximate surface area is 66.7 Å². The van der Waals surface area contributed by atoms with Crippen LogP contribution in [-0.2, 0) is 10.2 Å². The van der Waals surface area contributed by atoms with Crippen LogP contribution in [0.5, 0.6) is 0 Å². The van der Waals surface area contributed by atoms with Gasteiger partial charge >= 0.3 is 0 Å². The molecule has 0 aromatic rings. The van der Waals surface area contributed by atoms with Gasteiger partial charge in [0.1, 0.15) is 0 Å². The van der Waals surface area contributed by atoms with Crippen LogP contribution in [0.25, 0.3) is 0 Å². The van der Waals surface area contributed by atoms with E-state index >= 15 is 0 Å². The van der Waals surface area contributed by atoms with Crippen molar-refractivity contribution in [2.75, 3.05) is 26.2 Å². The summed E-state index contributed by atoms with van der Waals surface area (Å²) in [6.45, 7) is 2.58. The lowest BCUT2D eigenvalue weighted by Crippen LogP contribution is -2.38. The van der Waals surface area contributed by atoms with Gasteiger partial charge in [-0.2, -0.15) is 12.7 Å². The van der Waals surface area contributed by atoms with Crippen molar-refractivity contribution in [3.63, 3.8) is 0 Å². The molecule has 11 heavy (non-hydrogen) atoms. The van der Waals surface area contributed by atoms with Gasteiger partial charge in [0.05, 0.1) is 0 Å². The van der Waals surface area contributed by atoms with Crippen LogP contribution in [0.4, 0.5) is 0 Å². The van der Waals surface area contributed by atoms with E-state index in [1.54, 1.807) is 0 Å². The first-order valence-electron chi connectivity index (χ1n) is 3.59. The van der Waals surface area contributed by atoms with Crippen molar-refractivity contribution in [1.82, 2.24) is 9.62 Å². The predicted molar refractivity (Wildman–Crippen MR) is 42.2 cm³/mol. The number of nitrogens with one attached hydrogen (secondary N) is 1. The predicted octanol–water partition coefficient (Wildman–Crippen LogP) is -1.51. The average Bonchev–Trinajstić information content (AvgIpc) is 2.10. The Kier molecular flexibility index (Phi) is 2.83. The van der Waals surface area contributed by atoms with Gasteiger partial charge in [0.25, 0.3) is 10.2 Å². The molecular formula is C5H13N3O2S. The second-order valence-electron chi connectivity index (χ2n) is 2.55. The van der Waals surface area contributed by atoms with Crippen molar-refractivity contribution >= 4 is 10.2 Å². The number of hydrogen-bond acceptors (Lipinski definition) is 3. The number of hydrogen-bond donors (Lipinski definition) is 2. The Morgan fingerprint density at radius 3 is 2.64 bits per heavy atom. The van der Waals surface area contributed by atoms with Crippen LogP contribution in [0.3, 0.4) is 0 Å². The summed E-state index contributed by atoms with van der Waals surface area (Å²) in [5, 5.41) is 8.04. The van der Waals surface area contributed by atoms with E-state index in [1.807, 2.05) is 0 Å². The molecule has 0 radical (unpaired) electrons. The molecule has 1 aliphatic rings. The van der Waals surface area contributed by atoms with Crippen molar-refractivity contribution < 1.29 is 8.42 Å². The Bertz CT molecular complexity index is 206. The standard InChI is InChI=1S/C5H13N3O2S/c6-11(9,10)8-4-1-2-7-3-5-8/h7H,1-5H2,(H2,6,9,10). The minimum absolute atomic E-state index is 0.485. The number of nitrogens with two attached hydrogens (primary N) is 1. The van der Waals surface area contributed by atoms with Gasteiger partial charge in [-0.05, 0) is 13.0 Å². The van der Waals surface area contributed by atoms with Crippen LogP contribution >= 0.6 is 0 Å². The van der Waals surface area contributed by atoms with Gasteiger partial charge in [0, 0.05) is 19.6 Å². The van der Waals surface area contributed by atoms with Gasteiger partial charge in [0.2, 0.25) is 0 Å². The zero-order valence-corrected chi connectivity index (χ0v) is 7.10. The summed E-state index contributed by atoms with van der Waals surface area (Å²) in [6, 6.07) is 0. The first-order valence-corrected chi connectivity index (χ1v) is 5.09. The molecule has 0 aromatic heterocycles. The molecule has 0 saturated carbocycles. The summed E-state index contributed by atoms with van der Waals surface area (Å²) >= 11 is 0. The normalized spacial score (nSPS) is 23.0. The molecule has 0 aliphatic carbocycles. The van der Waals surface area contributed by atoms with E-state index in [2.05, 4.69) is 5.32 Å².